The molecule has 2 aliphatic heterocycles. The predicted molar refractivity (Wildman–Crippen MR) is 199 cm³/mol. The van der Waals surface area contributed by atoms with Crippen molar-refractivity contribution in [2.24, 2.45) is 0 Å². The summed E-state index contributed by atoms with van der Waals surface area (Å²) in [5, 5.41) is 20.8. The Hall–Kier alpha value is -6.06. The Balaban J connectivity index is 0.975. The highest BCUT2D eigenvalue weighted by Crippen LogP contribution is 2.33. The van der Waals surface area contributed by atoms with E-state index >= 15 is 0 Å². The van der Waals surface area contributed by atoms with Crippen LogP contribution in [0.25, 0.3) is 16.9 Å². The predicted octanol–water partition coefficient (Wildman–Crippen LogP) is 6.20. The number of nitrogens with zero attached hydrogens (tertiary/aromatic N) is 10. The molecule has 2 amide bonds. The Kier molecular flexibility index (Phi) is 9.35. The molecule has 4 aromatic heterocycles. The van der Waals surface area contributed by atoms with Crippen molar-refractivity contribution in [3.63, 3.8) is 0 Å². The number of halogens is 3. The molecule has 55 heavy (non-hydrogen) atoms. The molecule has 8 rings (SSSR count). The van der Waals surface area contributed by atoms with Crippen molar-refractivity contribution in [2.45, 2.75) is 71.8 Å². The Morgan fingerprint density at radius 3 is 2.62 bits per heavy atom. The number of alkyl halides is 3. The quantitative estimate of drug-likeness (QED) is 0.185. The fourth-order valence-electron chi connectivity index (χ4n) is 7.72. The van der Waals surface area contributed by atoms with Gasteiger partial charge in [-0.15, -0.1) is 5.10 Å². The number of hydrogen-bond acceptors (Lipinski definition) is 8. The van der Waals surface area contributed by atoms with Gasteiger partial charge in [0.05, 0.1) is 41.5 Å². The number of anilines is 2. The van der Waals surface area contributed by atoms with Gasteiger partial charge in [0.15, 0.2) is 5.65 Å². The van der Waals surface area contributed by atoms with Gasteiger partial charge < -0.3 is 15.1 Å². The van der Waals surface area contributed by atoms with E-state index in [1.807, 2.05) is 53.5 Å². The SMILES string of the molecule is CCCC1CN(c2cccc(C(F)(F)F)c2)CCN1C(=O)c1c(Cn2cc(-c3ccc(NC(=O)c4cnn5c(C)cc(C)nc45)cc3)nn2)nn2c1CCC2. The van der Waals surface area contributed by atoms with E-state index in [-0.39, 0.29) is 24.4 Å². The highest BCUT2D eigenvalue weighted by molar-refractivity contribution is 6.08. The molecule has 1 saturated heterocycles. The van der Waals surface area contributed by atoms with Crippen molar-refractivity contribution in [2.75, 3.05) is 29.9 Å². The molecule has 2 aliphatic rings. The molecule has 0 radical (unpaired) electrons. The zero-order chi connectivity index (χ0) is 38.4. The van der Waals surface area contributed by atoms with E-state index in [1.165, 1.54) is 18.3 Å². The second-order valence-electron chi connectivity index (χ2n) is 14.2. The van der Waals surface area contributed by atoms with Crippen LogP contribution in [0.1, 0.15) is 75.2 Å². The Morgan fingerprint density at radius 1 is 1.02 bits per heavy atom. The van der Waals surface area contributed by atoms with Crippen LogP contribution in [-0.4, -0.2) is 81.8 Å². The summed E-state index contributed by atoms with van der Waals surface area (Å²) in [6, 6.07) is 14.4. The molecule has 284 valence electrons. The van der Waals surface area contributed by atoms with Crippen LogP contribution in [0.4, 0.5) is 24.5 Å². The number of carbonyl (C=O) groups is 2. The highest BCUT2D eigenvalue weighted by atomic mass is 19.4. The maximum atomic E-state index is 14.5. The van der Waals surface area contributed by atoms with Crippen LogP contribution in [0.5, 0.6) is 0 Å². The largest absolute Gasteiger partial charge is 0.416 e. The van der Waals surface area contributed by atoms with E-state index in [0.717, 1.165) is 54.5 Å². The van der Waals surface area contributed by atoms with Crippen LogP contribution in [0.3, 0.4) is 0 Å². The lowest BCUT2D eigenvalue weighted by Crippen LogP contribution is -2.55. The number of nitrogens with one attached hydrogen (secondary N) is 1. The van der Waals surface area contributed by atoms with Crippen molar-refractivity contribution < 1.29 is 22.8 Å². The van der Waals surface area contributed by atoms with E-state index in [4.69, 9.17) is 5.10 Å². The van der Waals surface area contributed by atoms with Gasteiger partial charge in [-0.3, -0.25) is 14.3 Å². The summed E-state index contributed by atoms with van der Waals surface area (Å²) in [6.07, 6.45) is 2.04. The second kappa shape index (κ2) is 14.3. The lowest BCUT2D eigenvalue weighted by molar-refractivity contribution is -0.137. The number of benzene rings is 2. The summed E-state index contributed by atoms with van der Waals surface area (Å²) in [5.41, 5.74) is 6.46. The number of piperazine rings is 1. The summed E-state index contributed by atoms with van der Waals surface area (Å²) in [7, 11) is 0. The summed E-state index contributed by atoms with van der Waals surface area (Å²) >= 11 is 0. The third-order valence-electron chi connectivity index (χ3n) is 10.3. The number of fused-ring (bicyclic) bond motifs is 2. The van der Waals surface area contributed by atoms with Crippen molar-refractivity contribution >= 4 is 28.8 Å². The first-order valence-corrected chi connectivity index (χ1v) is 18.4. The highest BCUT2D eigenvalue weighted by Gasteiger charge is 2.37. The summed E-state index contributed by atoms with van der Waals surface area (Å²) in [6.45, 7) is 8.01. The molecule has 16 heteroatoms. The van der Waals surface area contributed by atoms with Gasteiger partial charge in [0.2, 0.25) is 0 Å². The van der Waals surface area contributed by atoms with E-state index in [1.54, 1.807) is 33.6 Å². The number of aryl methyl sites for hydroxylation is 3. The fourth-order valence-corrected chi connectivity index (χ4v) is 7.72. The van der Waals surface area contributed by atoms with Crippen molar-refractivity contribution in [3.8, 4) is 11.3 Å². The zero-order valence-electron chi connectivity index (χ0n) is 30.7. The number of aromatic nitrogens is 8. The van der Waals surface area contributed by atoms with E-state index in [9.17, 15) is 22.8 Å². The normalized spacial score (nSPS) is 15.9. The van der Waals surface area contributed by atoms with Crippen LogP contribution in [0, 0.1) is 13.8 Å². The number of amides is 2. The standard InChI is InChI=1S/C39H40F3N11O2/c1-4-7-30-21-49(29-9-5-8-27(19-29)39(40,41)42)16-17-51(30)38(55)35-33(47-52-15-6-10-34(35)52)23-50-22-32(46-48-50)26-11-13-28(14-12-26)45-37(54)31-20-43-53-25(3)18-24(2)44-36(31)53/h5,8-9,11-14,18-20,22,30H,4,6-7,10,15-17,21,23H2,1-3H3,(H,45,54). The monoisotopic (exact) mass is 751 g/mol. The minimum Gasteiger partial charge on any atom is -0.368 e. The lowest BCUT2D eigenvalue weighted by atomic mass is 10.0. The first-order chi connectivity index (χ1) is 26.5. The maximum Gasteiger partial charge on any atom is 0.416 e. The van der Waals surface area contributed by atoms with E-state index in [2.05, 4.69) is 25.7 Å². The van der Waals surface area contributed by atoms with Gasteiger partial charge >= 0.3 is 6.18 Å². The lowest BCUT2D eigenvalue weighted by Gasteiger charge is -2.42. The van der Waals surface area contributed by atoms with Gasteiger partial charge in [-0.25, -0.2) is 14.2 Å². The zero-order valence-corrected chi connectivity index (χ0v) is 30.7. The molecule has 0 spiro atoms. The molecule has 1 unspecified atom stereocenters. The van der Waals surface area contributed by atoms with E-state index < -0.39 is 11.7 Å². The summed E-state index contributed by atoms with van der Waals surface area (Å²) in [4.78, 5) is 35.9. The summed E-state index contributed by atoms with van der Waals surface area (Å²) < 4.78 is 45.7. The van der Waals surface area contributed by atoms with Crippen LogP contribution in [0.15, 0.2) is 67.0 Å². The molecule has 13 nitrogen and oxygen atoms in total. The van der Waals surface area contributed by atoms with Crippen molar-refractivity contribution in [1.82, 2.24) is 44.3 Å². The molecule has 0 aliphatic carbocycles. The van der Waals surface area contributed by atoms with Crippen molar-refractivity contribution in [1.29, 1.82) is 0 Å². The molecule has 6 heterocycles. The van der Waals surface area contributed by atoms with Crippen molar-refractivity contribution in [3.05, 3.63) is 106 Å². The molecule has 1 atom stereocenters. The molecular weight excluding hydrogens is 711 g/mol. The average molecular weight is 752 g/mol. The Bertz CT molecular complexity index is 2400. The maximum absolute atomic E-state index is 14.5. The topological polar surface area (TPSA) is 131 Å². The average Bonchev–Trinajstić information content (AvgIpc) is 3.97. The second-order valence-corrected chi connectivity index (χ2v) is 14.2. The third kappa shape index (κ3) is 7.03. The minimum absolute atomic E-state index is 0.108. The molecule has 1 N–H and O–H groups in total. The molecular formula is C39H40F3N11O2. The number of rotatable bonds is 9. The van der Waals surface area contributed by atoms with Crippen LogP contribution >= 0.6 is 0 Å². The van der Waals surface area contributed by atoms with Crippen LogP contribution < -0.4 is 10.2 Å². The molecule has 6 aromatic rings. The van der Waals surface area contributed by atoms with Gasteiger partial charge in [-0.2, -0.15) is 23.4 Å². The van der Waals surface area contributed by atoms with Gasteiger partial charge in [0.25, 0.3) is 11.8 Å². The van der Waals surface area contributed by atoms with Crippen LogP contribution in [0.2, 0.25) is 0 Å². The van der Waals surface area contributed by atoms with E-state index in [0.29, 0.717) is 65.6 Å². The van der Waals surface area contributed by atoms with Gasteiger partial charge in [-0.1, -0.05) is 36.8 Å². The number of carbonyl (C=O) groups excluding carboxylic acids is 2. The minimum atomic E-state index is -4.43. The molecule has 0 bridgehead atoms. The number of hydrogen-bond donors (Lipinski definition) is 1. The van der Waals surface area contributed by atoms with Gasteiger partial charge in [-0.05, 0) is 69.5 Å². The first kappa shape index (κ1) is 35.9. The smallest absolute Gasteiger partial charge is 0.368 e. The molecule has 1 fully saturated rings. The van der Waals surface area contributed by atoms with Gasteiger partial charge in [0.1, 0.15) is 11.3 Å². The molecule has 2 aromatic carbocycles. The van der Waals surface area contributed by atoms with Gasteiger partial charge in [0, 0.05) is 60.5 Å². The fraction of sp³-hybridized carbons (Fsp3) is 0.359. The Labute approximate surface area is 314 Å². The first-order valence-electron chi connectivity index (χ1n) is 18.4. The van der Waals surface area contributed by atoms with Crippen LogP contribution in [-0.2, 0) is 25.7 Å². The summed E-state index contributed by atoms with van der Waals surface area (Å²) in [5.74, 6) is -0.425. The third-order valence-corrected chi connectivity index (χ3v) is 10.3. The molecule has 0 saturated carbocycles. The Morgan fingerprint density at radius 2 is 1.84 bits per heavy atom.